The van der Waals surface area contributed by atoms with E-state index in [0.29, 0.717) is 25.1 Å². The lowest BCUT2D eigenvalue weighted by Crippen LogP contribution is -2.51. The number of anilines is 1. The van der Waals surface area contributed by atoms with Crippen LogP contribution in [0.2, 0.25) is 0 Å². The smallest absolute Gasteiger partial charge is 0.247 e. The zero-order valence-corrected chi connectivity index (χ0v) is 15.7. The van der Waals surface area contributed by atoms with Gasteiger partial charge in [0.05, 0.1) is 0 Å². The predicted molar refractivity (Wildman–Crippen MR) is 102 cm³/mol. The highest BCUT2D eigenvalue weighted by Gasteiger charge is 2.36. The Balaban J connectivity index is 1.90. The molecule has 1 aliphatic rings. The number of amides is 3. The number of nitrogens with zero attached hydrogens (tertiary/aromatic N) is 1. The number of rotatable bonds is 8. The van der Waals surface area contributed by atoms with Crippen molar-refractivity contribution in [2.45, 2.75) is 64.5 Å². The summed E-state index contributed by atoms with van der Waals surface area (Å²) in [6, 6.07) is 8.12. The maximum Gasteiger partial charge on any atom is 0.247 e. The molecule has 1 heterocycles. The summed E-state index contributed by atoms with van der Waals surface area (Å²) in [5, 5.41) is 5.63. The highest BCUT2D eigenvalue weighted by atomic mass is 16.2. The first-order chi connectivity index (χ1) is 12.5. The fourth-order valence-corrected chi connectivity index (χ4v) is 3.21. The molecule has 2 atom stereocenters. The van der Waals surface area contributed by atoms with Crippen molar-refractivity contribution in [3.05, 3.63) is 30.3 Å². The van der Waals surface area contributed by atoms with Crippen LogP contribution >= 0.6 is 0 Å². The number of carbonyl (C=O) groups excluding carboxylic acids is 3. The minimum Gasteiger partial charge on any atom is -0.345 e. The number of hydrogen-bond donors (Lipinski definition) is 2. The molecular weight excluding hydrogens is 330 g/mol. The zero-order valence-electron chi connectivity index (χ0n) is 15.7. The first-order valence-electron chi connectivity index (χ1n) is 9.48. The Hall–Kier alpha value is -2.37. The largest absolute Gasteiger partial charge is 0.345 e. The number of likely N-dealkylation sites (tertiary alicyclic amines) is 1. The first kappa shape index (κ1) is 19.9. The number of hydrogen-bond acceptors (Lipinski definition) is 3. The summed E-state index contributed by atoms with van der Waals surface area (Å²) >= 11 is 0. The van der Waals surface area contributed by atoms with Gasteiger partial charge >= 0.3 is 0 Å². The second-order valence-corrected chi connectivity index (χ2v) is 6.79. The molecule has 1 aromatic carbocycles. The number of unbranched alkanes of at least 4 members (excludes halogenated alkanes) is 2. The van der Waals surface area contributed by atoms with Crippen molar-refractivity contribution < 1.29 is 14.4 Å². The maximum absolute atomic E-state index is 12.7. The van der Waals surface area contributed by atoms with Gasteiger partial charge in [0.25, 0.3) is 0 Å². The minimum absolute atomic E-state index is 0.108. The van der Waals surface area contributed by atoms with Crippen molar-refractivity contribution in [3.63, 3.8) is 0 Å². The summed E-state index contributed by atoms with van der Waals surface area (Å²) in [6.45, 7) is 4.31. The Morgan fingerprint density at radius 1 is 1.19 bits per heavy atom. The molecule has 2 N–H and O–H groups in total. The molecule has 0 spiro atoms. The highest BCUT2D eigenvalue weighted by molar-refractivity contribution is 5.98. The van der Waals surface area contributed by atoms with Gasteiger partial charge in [0.15, 0.2) is 0 Å². The Kier molecular flexibility index (Phi) is 7.63. The van der Waals surface area contributed by atoms with Crippen molar-refractivity contribution >= 4 is 23.4 Å². The van der Waals surface area contributed by atoms with Crippen molar-refractivity contribution in [1.82, 2.24) is 10.2 Å². The van der Waals surface area contributed by atoms with E-state index in [1.165, 1.54) is 0 Å². The first-order valence-corrected chi connectivity index (χ1v) is 9.48. The Bertz CT molecular complexity index is 618. The summed E-state index contributed by atoms with van der Waals surface area (Å²) in [4.78, 5) is 38.8. The van der Waals surface area contributed by atoms with Crippen molar-refractivity contribution in [2.24, 2.45) is 0 Å². The van der Waals surface area contributed by atoms with Crippen LogP contribution in [0.15, 0.2) is 30.3 Å². The molecule has 1 aliphatic heterocycles. The molecule has 0 aromatic heterocycles. The average molecular weight is 359 g/mol. The molecular formula is C20H29N3O3. The topological polar surface area (TPSA) is 78.5 Å². The number of benzene rings is 1. The van der Waals surface area contributed by atoms with E-state index in [9.17, 15) is 14.4 Å². The summed E-state index contributed by atoms with van der Waals surface area (Å²) in [5.74, 6) is -0.480. The van der Waals surface area contributed by atoms with Gasteiger partial charge in [-0.15, -0.1) is 0 Å². The van der Waals surface area contributed by atoms with E-state index in [1.807, 2.05) is 30.3 Å². The summed E-state index contributed by atoms with van der Waals surface area (Å²) in [6.07, 6.45) is 4.74. The van der Waals surface area contributed by atoms with Gasteiger partial charge in [0.2, 0.25) is 17.7 Å². The molecule has 142 valence electrons. The second kappa shape index (κ2) is 9.94. The second-order valence-electron chi connectivity index (χ2n) is 6.79. The Morgan fingerprint density at radius 3 is 2.62 bits per heavy atom. The number of para-hydroxylation sites is 1. The summed E-state index contributed by atoms with van der Waals surface area (Å²) in [7, 11) is 0. The molecule has 2 rings (SSSR count). The molecule has 6 nitrogen and oxygen atoms in total. The molecule has 3 amide bonds. The van der Waals surface area contributed by atoms with E-state index >= 15 is 0 Å². The van der Waals surface area contributed by atoms with Gasteiger partial charge in [-0.1, -0.05) is 38.0 Å². The van der Waals surface area contributed by atoms with Crippen LogP contribution in [-0.4, -0.2) is 41.2 Å². The van der Waals surface area contributed by atoms with Crippen LogP contribution in [0.25, 0.3) is 0 Å². The monoisotopic (exact) mass is 359 g/mol. The van der Waals surface area contributed by atoms with Gasteiger partial charge < -0.3 is 15.5 Å². The fourth-order valence-electron chi connectivity index (χ4n) is 3.21. The van der Waals surface area contributed by atoms with Gasteiger partial charge in [-0.05, 0) is 38.3 Å². The Morgan fingerprint density at radius 2 is 1.92 bits per heavy atom. The van der Waals surface area contributed by atoms with Gasteiger partial charge in [-0.2, -0.15) is 0 Å². The van der Waals surface area contributed by atoms with Crippen LogP contribution in [0.5, 0.6) is 0 Å². The minimum atomic E-state index is -0.616. The molecule has 1 saturated heterocycles. The third-order valence-electron chi connectivity index (χ3n) is 4.64. The number of nitrogens with one attached hydrogen (secondary N) is 2. The highest BCUT2D eigenvalue weighted by Crippen LogP contribution is 2.20. The van der Waals surface area contributed by atoms with Gasteiger partial charge in [-0.3, -0.25) is 14.4 Å². The molecule has 0 unspecified atom stereocenters. The quantitative estimate of drug-likeness (QED) is 0.701. The average Bonchev–Trinajstić information content (AvgIpc) is 3.12. The standard InChI is InChI=1S/C20H29N3O3/c1-3-4-6-13-18(24)21-15(2)20(26)23-14-9-12-17(23)19(25)22-16-10-7-5-8-11-16/h5,7-8,10-11,15,17H,3-4,6,9,12-14H2,1-2H3,(H,21,24)(H,22,25)/t15-,17-/m0/s1. The normalized spacial score (nSPS) is 17.6. The third-order valence-corrected chi connectivity index (χ3v) is 4.64. The SMILES string of the molecule is CCCCCC(=O)N[C@@H](C)C(=O)N1CCC[C@H]1C(=O)Nc1ccccc1. The Labute approximate surface area is 155 Å². The van der Waals surface area contributed by atoms with Crippen molar-refractivity contribution in [1.29, 1.82) is 0 Å². The fraction of sp³-hybridized carbons (Fsp3) is 0.550. The van der Waals surface area contributed by atoms with E-state index in [-0.39, 0.29) is 17.7 Å². The summed E-state index contributed by atoms with van der Waals surface area (Å²) in [5.41, 5.74) is 0.717. The lowest BCUT2D eigenvalue weighted by Gasteiger charge is -2.27. The maximum atomic E-state index is 12.7. The number of carbonyl (C=O) groups is 3. The van der Waals surface area contributed by atoms with Crippen LogP contribution in [0, 0.1) is 0 Å². The van der Waals surface area contributed by atoms with Crippen LogP contribution < -0.4 is 10.6 Å². The van der Waals surface area contributed by atoms with Crippen LogP contribution in [0.1, 0.15) is 52.4 Å². The molecule has 0 aliphatic carbocycles. The molecule has 26 heavy (non-hydrogen) atoms. The van der Waals surface area contributed by atoms with Crippen LogP contribution in [0.4, 0.5) is 5.69 Å². The molecule has 0 bridgehead atoms. The van der Waals surface area contributed by atoms with E-state index in [0.717, 1.165) is 25.7 Å². The van der Waals surface area contributed by atoms with Crippen LogP contribution in [-0.2, 0) is 14.4 Å². The van der Waals surface area contributed by atoms with E-state index in [2.05, 4.69) is 17.6 Å². The van der Waals surface area contributed by atoms with Gasteiger partial charge in [0.1, 0.15) is 12.1 Å². The van der Waals surface area contributed by atoms with E-state index in [1.54, 1.807) is 11.8 Å². The predicted octanol–water partition coefficient (Wildman–Crippen LogP) is 2.70. The van der Waals surface area contributed by atoms with Gasteiger partial charge in [-0.25, -0.2) is 0 Å². The molecule has 0 saturated carbocycles. The summed E-state index contributed by atoms with van der Waals surface area (Å²) < 4.78 is 0. The molecule has 6 heteroatoms. The molecule has 1 aromatic rings. The molecule has 1 fully saturated rings. The van der Waals surface area contributed by atoms with Crippen molar-refractivity contribution in [3.8, 4) is 0 Å². The zero-order chi connectivity index (χ0) is 18.9. The van der Waals surface area contributed by atoms with Gasteiger partial charge in [0, 0.05) is 18.7 Å². The lowest BCUT2D eigenvalue weighted by molar-refractivity contribution is -0.139. The van der Waals surface area contributed by atoms with Crippen molar-refractivity contribution in [2.75, 3.05) is 11.9 Å². The molecule has 0 radical (unpaired) electrons. The lowest BCUT2D eigenvalue weighted by atomic mass is 10.1. The third kappa shape index (κ3) is 5.58. The van der Waals surface area contributed by atoms with E-state index < -0.39 is 12.1 Å². The van der Waals surface area contributed by atoms with E-state index in [4.69, 9.17) is 0 Å². The van der Waals surface area contributed by atoms with Crippen LogP contribution in [0.3, 0.4) is 0 Å².